The van der Waals surface area contributed by atoms with Crippen molar-refractivity contribution in [3.05, 3.63) is 48.5 Å². The molecule has 0 saturated carbocycles. The Morgan fingerprint density at radius 2 is 1.10 bits per heavy atom. The van der Waals surface area contributed by atoms with Gasteiger partial charge >= 0.3 is 0 Å². The second-order valence-corrected chi connectivity index (χ2v) is 11.3. The Balaban J connectivity index is 0.974. The number of para-hydroxylation sites is 2. The molecule has 30 heavy (non-hydrogen) atoms. The van der Waals surface area contributed by atoms with Crippen molar-refractivity contribution in [3.8, 4) is 10.4 Å². The molecular weight excluding hydrogens is 453 g/mol. The van der Waals surface area contributed by atoms with Gasteiger partial charge in [-0.1, -0.05) is 68.5 Å². The van der Waals surface area contributed by atoms with Crippen molar-refractivity contribution < 1.29 is 9.47 Å². The second-order valence-electron chi connectivity index (χ2n) is 6.65. The van der Waals surface area contributed by atoms with Crippen molar-refractivity contribution in [1.82, 2.24) is 9.97 Å². The van der Waals surface area contributed by atoms with Gasteiger partial charge in [-0.25, -0.2) is 9.97 Å². The highest BCUT2D eigenvalue weighted by Gasteiger charge is 2.04. The van der Waals surface area contributed by atoms with Crippen LogP contribution < -0.4 is 9.47 Å². The first-order valence-electron chi connectivity index (χ1n) is 10.1. The maximum atomic E-state index is 5.79. The van der Waals surface area contributed by atoms with Gasteiger partial charge in [0, 0.05) is 11.5 Å². The van der Waals surface area contributed by atoms with Crippen LogP contribution in [0.5, 0.6) is 10.4 Å². The molecule has 4 aromatic rings. The monoisotopic (exact) mass is 476 g/mol. The average Bonchev–Trinajstić information content (AvgIpc) is 3.37. The normalized spacial score (nSPS) is 11.3. The lowest BCUT2D eigenvalue weighted by atomic mass is 10.3. The van der Waals surface area contributed by atoms with Crippen LogP contribution in [0.15, 0.2) is 48.5 Å². The first kappa shape index (κ1) is 21.7. The number of fused-ring (bicyclic) bond motifs is 2. The number of thiazole rings is 2. The lowest BCUT2D eigenvalue weighted by molar-refractivity contribution is 0.308. The van der Waals surface area contributed by atoms with Gasteiger partial charge in [-0.05, 0) is 49.9 Å². The number of ether oxygens (including phenoxy) is 2. The molecule has 158 valence electrons. The number of rotatable bonds is 13. The fourth-order valence-electron chi connectivity index (χ4n) is 2.79. The van der Waals surface area contributed by atoms with Crippen LogP contribution >= 0.6 is 44.3 Å². The van der Waals surface area contributed by atoms with Gasteiger partial charge in [0.25, 0.3) is 10.4 Å². The molecule has 0 aliphatic carbocycles. The Labute approximate surface area is 192 Å². The third-order valence-corrected chi connectivity index (χ3v) is 8.80. The summed E-state index contributed by atoms with van der Waals surface area (Å²) in [4.78, 5) is 9.00. The molecule has 0 aliphatic rings. The molecule has 0 spiro atoms. The summed E-state index contributed by atoms with van der Waals surface area (Å²) >= 11 is 3.24. The molecule has 0 aliphatic heterocycles. The second kappa shape index (κ2) is 11.8. The van der Waals surface area contributed by atoms with Crippen molar-refractivity contribution in [1.29, 1.82) is 0 Å². The molecule has 0 N–H and O–H groups in total. The van der Waals surface area contributed by atoms with Crippen LogP contribution in [0, 0.1) is 0 Å². The van der Waals surface area contributed by atoms with E-state index in [1.54, 1.807) is 22.7 Å². The minimum Gasteiger partial charge on any atom is -0.470 e. The highest BCUT2D eigenvalue weighted by Crippen LogP contribution is 2.29. The van der Waals surface area contributed by atoms with Crippen LogP contribution in [-0.4, -0.2) is 34.7 Å². The third-order valence-electron chi connectivity index (χ3n) is 4.33. The zero-order valence-electron chi connectivity index (χ0n) is 16.6. The van der Waals surface area contributed by atoms with E-state index in [-0.39, 0.29) is 0 Å². The van der Waals surface area contributed by atoms with E-state index in [2.05, 4.69) is 22.1 Å². The van der Waals surface area contributed by atoms with Gasteiger partial charge in [0.15, 0.2) is 0 Å². The first-order valence-corrected chi connectivity index (χ1v) is 14.2. The summed E-state index contributed by atoms with van der Waals surface area (Å²) < 4.78 is 14.0. The molecule has 2 aromatic carbocycles. The van der Waals surface area contributed by atoms with E-state index in [1.165, 1.54) is 22.2 Å². The first-order chi connectivity index (χ1) is 14.9. The maximum absolute atomic E-state index is 5.79. The predicted molar refractivity (Wildman–Crippen MR) is 134 cm³/mol. The zero-order valence-corrected chi connectivity index (χ0v) is 19.9. The van der Waals surface area contributed by atoms with Crippen molar-refractivity contribution in [3.63, 3.8) is 0 Å². The van der Waals surface area contributed by atoms with Gasteiger partial charge < -0.3 is 9.47 Å². The van der Waals surface area contributed by atoms with Gasteiger partial charge in [-0.3, -0.25) is 0 Å². The van der Waals surface area contributed by atoms with Crippen molar-refractivity contribution >= 4 is 64.7 Å². The zero-order chi connectivity index (χ0) is 20.4. The minimum atomic E-state index is 0.744. The topological polar surface area (TPSA) is 44.2 Å². The highest BCUT2D eigenvalue weighted by molar-refractivity contribution is 8.76. The molecule has 4 nitrogen and oxygen atoms in total. The number of hydrogen-bond donors (Lipinski definition) is 0. The van der Waals surface area contributed by atoms with Crippen LogP contribution in [0.25, 0.3) is 20.4 Å². The van der Waals surface area contributed by atoms with Gasteiger partial charge in [0.05, 0.1) is 33.6 Å². The summed E-state index contributed by atoms with van der Waals surface area (Å²) in [7, 11) is 3.92. The lowest BCUT2D eigenvalue weighted by Crippen LogP contribution is -1.97. The van der Waals surface area contributed by atoms with Crippen molar-refractivity contribution in [2.45, 2.75) is 25.7 Å². The molecule has 2 aromatic heterocycles. The van der Waals surface area contributed by atoms with E-state index in [4.69, 9.17) is 9.47 Å². The molecule has 0 bridgehead atoms. The van der Waals surface area contributed by atoms with Crippen molar-refractivity contribution in [2.75, 3.05) is 24.7 Å². The molecule has 0 unspecified atom stereocenters. The Morgan fingerprint density at radius 1 is 0.633 bits per heavy atom. The quantitative estimate of drug-likeness (QED) is 0.149. The fraction of sp³-hybridized carbons (Fsp3) is 0.364. The number of nitrogens with zero attached hydrogens (tertiary/aromatic N) is 2. The lowest BCUT2D eigenvalue weighted by Gasteiger charge is -2.03. The molecular formula is C22H24N2O2S4. The predicted octanol–water partition coefficient (Wildman–Crippen LogP) is 7.31. The van der Waals surface area contributed by atoms with E-state index in [9.17, 15) is 0 Å². The highest BCUT2D eigenvalue weighted by atomic mass is 33.1. The van der Waals surface area contributed by atoms with E-state index in [0.29, 0.717) is 0 Å². The van der Waals surface area contributed by atoms with E-state index in [0.717, 1.165) is 59.0 Å². The largest absolute Gasteiger partial charge is 0.470 e. The number of benzene rings is 2. The summed E-state index contributed by atoms with van der Waals surface area (Å²) in [5.41, 5.74) is 2.05. The van der Waals surface area contributed by atoms with Crippen LogP contribution in [0.4, 0.5) is 0 Å². The molecule has 0 radical (unpaired) electrons. The maximum Gasteiger partial charge on any atom is 0.274 e. The SMILES string of the molecule is c1ccc2sc(OCCCCSSCCCCOc3nc4ccccc4s3)nc2c1. The standard InChI is InChI=1S/C22H24N2O2S4/c1-3-11-19-17(9-1)23-21(29-19)25-13-5-7-15-27-28-16-8-6-14-26-22-24-18-10-2-4-12-20(18)30-22/h1-4,9-12H,5-8,13-16H2. The van der Waals surface area contributed by atoms with Crippen LogP contribution in [0.3, 0.4) is 0 Å². The van der Waals surface area contributed by atoms with Gasteiger partial charge in [-0.15, -0.1) is 0 Å². The Kier molecular flexibility index (Phi) is 8.54. The molecule has 2 heterocycles. The van der Waals surface area contributed by atoms with E-state index >= 15 is 0 Å². The fourth-order valence-corrected chi connectivity index (χ4v) is 6.76. The molecule has 8 heteroatoms. The smallest absolute Gasteiger partial charge is 0.274 e. The molecule has 0 fully saturated rings. The molecule has 0 atom stereocenters. The summed E-state index contributed by atoms with van der Waals surface area (Å²) in [5, 5.41) is 1.57. The van der Waals surface area contributed by atoms with Crippen LogP contribution in [0.2, 0.25) is 0 Å². The van der Waals surface area contributed by atoms with Gasteiger partial charge in [-0.2, -0.15) is 0 Å². The van der Waals surface area contributed by atoms with Crippen LogP contribution in [0.1, 0.15) is 25.7 Å². The Bertz CT molecular complexity index is 900. The molecule has 0 amide bonds. The Morgan fingerprint density at radius 3 is 1.57 bits per heavy atom. The molecule has 4 rings (SSSR count). The molecule has 0 saturated heterocycles. The number of aromatic nitrogens is 2. The summed E-state index contributed by atoms with van der Waals surface area (Å²) in [6.45, 7) is 1.49. The summed E-state index contributed by atoms with van der Waals surface area (Å²) in [6, 6.07) is 16.3. The van der Waals surface area contributed by atoms with Crippen LogP contribution in [-0.2, 0) is 0 Å². The number of unbranched alkanes of at least 4 members (excludes halogenated alkanes) is 2. The minimum absolute atomic E-state index is 0.744. The van der Waals surface area contributed by atoms with Gasteiger partial charge in [0.2, 0.25) is 0 Å². The van der Waals surface area contributed by atoms with Gasteiger partial charge in [0.1, 0.15) is 0 Å². The average molecular weight is 477 g/mol. The summed E-state index contributed by atoms with van der Waals surface area (Å²) in [5.74, 6) is 2.33. The summed E-state index contributed by atoms with van der Waals surface area (Å²) in [6.07, 6.45) is 4.48. The third kappa shape index (κ3) is 6.51. The van der Waals surface area contributed by atoms with E-state index < -0.39 is 0 Å². The number of hydrogen-bond acceptors (Lipinski definition) is 8. The van der Waals surface area contributed by atoms with Crippen molar-refractivity contribution in [2.24, 2.45) is 0 Å². The Hall–Kier alpha value is -1.48. The van der Waals surface area contributed by atoms with E-state index in [1.807, 2.05) is 58.0 Å².